The largest absolute Gasteiger partial charge is 0.358 e. The van der Waals surface area contributed by atoms with Gasteiger partial charge in [0.15, 0.2) is 5.43 Å². The third-order valence-electron chi connectivity index (χ3n) is 2.61. The van der Waals surface area contributed by atoms with Crippen LogP contribution in [0.4, 0.5) is 0 Å². The number of fused-ring (bicyclic) bond motifs is 1. The maximum Gasteiger partial charge on any atom is 0.193 e. The van der Waals surface area contributed by atoms with Gasteiger partial charge in [0.05, 0.1) is 28.1 Å². The molecule has 5 heteroatoms. The number of hydrogen-bond acceptors (Lipinski definition) is 2. The van der Waals surface area contributed by atoms with E-state index in [-0.39, 0.29) is 11.8 Å². The molecular weight excluding hydrogens is 259 g/mol. The summed E-state index contributed by atoms with van der Waals surface area (Å²) in [5.41, 5.74) is 1.61. The number of rotatable bonds is 1. The molecule has 17 heavy (non-hydrogen) atoms. The minimum Gasteiger partial charge on any atom is -0.358 e. The second-order valence-electron chi connectivity index (χ2n) is 3.70. The Morgan fingerprint density at radius 3 is 2.65 bits per heavy atom. The van der Waals surface area contributed by atoms with Crippen LogP contribution in [0.25, 0.3) is 10.9 Å². The molecular formula is C12H8Cl2N2O. The molecule has 1 aromatic carbocycles. The van der Waals surface area contributed by atoms with E-state index in [4.69, 9.17) is 28.5 Å². The van der Waals surface area contributed by atoms with Gasteiger partial charge in [-0.3, -0.25) is 4.79 Å². The molecule has 0 aliphatic rings. The number of pyridine rings is 1. The van der Waals surface area contributed by atoms with Crippen LogP contribution >= 0.6 is 23.2 Å². The third-order valence-corrected chi connectivity index (χ3v) is 3.33. The minimum atomic E-state index is -0.170. The summed E-state index contributed by atoms with van der Waals surface area (Å²) in [6.07, 6.45) is 0.0807. The minimum absolute atomic E-state index is 0.0807. The normalized spacial score (nSPS) is 10.5. The lowest BCUT2D eigenvalue weighted by Gasteiger charge is -2.06. The van der Waals surface area contributed by atoms with Crippen molar-refractivity contribution >= 4 is 34.1 Å². The van der Waals surface area contributed by atoms with E-state index in [0.29, 0.717) is 32.2 Å². The Hall–Kier alpha value is -1.50. The zero-order valence-corrected chi connectivity index (χ0v) is 10.5. The SMILES string of the molecule is Cc1[nH]c2cc(Cl)c(Cl)cc2c(=O)c1CC#N. The molecule has 0 aliphatic carbocycles. The predicted octanol–water partition coefficient (Wildman–Crippen LogP) is 3.21. The first-order valence-electron chi connectivity index (χ1n) is 4.92. The number of aromatic nitrogens is 1. The van der Waals surface area contributed by atoms with Gasteiger partial charge >= 0.3 is 0 Å². The highest BCUT2D eigenvalue weighted by Gasteiger charge is 2.10. The molecule has 0 saturated carbocycles. The fourth-order valence-electron chi connectivity index (χ4n) is 1.74. The number of benzene rings is 1. The monoisotopic (exact) mass is 266 g/mol. The van der Waals surface area contributed by atoms with Crippen LogP contribution in [0, 0.1) is 18.3 Å². The molecule has 0 saturated heterocycles. The van der Waals surface area contributed by atoms with Crippen molar-refractivity contribution in [3.05, 3.63) is 43.7 Å². The van der Waals surface area contributed by atoms with Crippen LogP contribution in [-0.2, 0) is 6.42 Å². The molecule has 3 nitrogen and oxygen atoms in total. The van der Waals surface area contributed by atoms with Crippen LogP contribution < -0.4 is 5.43 Å². The van der Waals surface area contributed by atoms with Gasteiger partial charge in [-0.1, -0.05) is 23.2 Å². The van der Waals surface area contributed by atoms with Gasteiger partial charge in [-0.05, 0) is 19.1 Å². The van der Waals surface area contributed by atoms with Gasteiger partial charge in [0.25, 0.3) is 0 Å². The lowest BCUT2D eigenvalue weighted by atomic mass is 10.1. The lowest BCUT2D eigenvalue weighted by molar-refractivity contribution is 1.12. The summed E-state index contributed by atoms with van der Waals surface area (Å²) in [7, 11) is 0. The zero-order valence-electron chi connectivity index (χ0n) is 8.97. The van der Waals surface area contributed by atoms with Crippen molar-refractivity contribution in [2.24, 2.45) is 0 Å². The smallest absolute Gasteiger partial charge is 0.193 e. The summed E-state index contributed by atoms with van der Waals surface area (Å²) in [4.78, 5) is 15.2. The van der Waals surface area contributed by atoms with E-state index in [1.165, 1.54) is 6.07 Å². The Kier molecular flexibility index (Phi) is 3.10. The van der Waals surface area contributed by atoms with Gasteiger partial charge in [-0.15, -0.1) is 0 Å². The second-order valence-corrected chi connectivity index (χ2v) is 4.52. The van der Waals surface area contributed by atoms with Crippen molar-refractivity contribution in [2.75, 3.05) is 0 Å². The van der Waals surface area contributed by atoms with E-state index in [1.807, 2.05) is 6.07 Å². The number of nitriles is 1. The van der Waals surface area contributed by atoms with Gasteiger partial charge in [-0.25, -0.2) is 0 Å². The fraction of sp³-hybridized carbons (Fsp3) is 0.167. The van der Waals surface area contributed by atoms with E-state index in [0.717, 1.165) is 0 Å². The summed E-state index contributed by atoms with van der Waals surface area (Å²) >= 11 is 11.8. The third kappa shape index (κ3) is 2.02. The maximum atomic E-state index is 12.1. The van der Waals surface area contributed by atoms with Crippen molar-refractivity contribution in [3.63, 3.8) is 0 Å². The number of halogens is 2. The first-order valence-corrected chi connectivity index (χ1v) is 5.67. The highest BCUT2D eigenvalue weighted by atomic mass is 35.5. The van der Waals surface area contributed by atoms with Crippen LogP contribution in [0.3, 0.4) is 0 Å². The molecule has 0 atom stereocenters. The van der Waals surface area contributed by atoms with E-state index in [2.05, 4.69) is 4.98 Å². The molecule has 0 fully saturated rings. The standard InChI is InChI=1S/C12H8Cl2N2O/c1-6-7(2-3-15)12(17)8-4-9(13)10(14)5-11(8)16-6/h4-5H,2H2,1H3,(H,16,17). The predicted molar refractivity (Wildman–Crippen MR) is 68.6 cm³/mol. The van der Waals surface area contributed by atoms with Crippen molar-refractivity contribution < 1.29 is 0 Å². The first kappa shape index (κ1) is 12.0. The maximum absolute atomic E-state index is 12.1. The molecule has 0 bridgehead atoms. The van der Waals surface area contributed by atoms with E-state index < -0.39 is 0 Å². The quantitative estimate of drug-likeness (QED) is 0.862. The van der Waals surface area contributed by atoms with Gasteiger partial charge < -0.3 is 4.98 Å². The molecule has 0 spiro atoms. The number of hydrogen-bond donors (Lipinski definition) is 1. The Morgan fingerprint density at radius 1 is 1.35 bits per heavy atom. The summed E-state index contributed by atoms with van der Waals surface area (Å²) in [6, 6.07) is 5.12. The summed E-state index contributed by atoms with van der Waals surface area (Å²) in [6.45, 7) is 1.76. The summed E-state index contributed by atoms with van der Waals surface area (Å²) in [5.74, 6) is 0. The van der Waals surface area contributed by atoms with Crippen molar-refractivity contribution in [1.29, 1.82) is 5.26 Å². The van der Waals surface area contributed by atoms with Gasteiger partial charge in [0.1, 0.15) is 0 Å². The van der Waals surface area contributed by atoms with Crippen LogP contribution in [0.1, 0.15) is 11.3 Å². The average molecular weight is 267 g/mol. The van der Waals surface area contributed by atoms with Crippen molar-refractivity contribution in [3.8, 4) is 6.07 Å². The summed E-state index contributed by atoms with van der Waals surface area (Å²) < 4.78 is 0. The van der Waals surface area contributed by atoms with E-state index in [1.54, 1.807) is 13.0 Å². The van der Waals surface area contributed by atoms with Crippen molar-refractivity contribution in [1.82, 2.24) is 4.98 Å². The van der Waals surface area contributed by atoms with Gasteiger partial charge in [0, 0.05) is 16.6 Å². The molecule has 0 amide bonds. The van der Waals surface area contributed by atoms with Crippen LogP contribution in [0.5, 0.6) is 0 Å². The molecule has 0 aliphatic heterocycles. The highest BCUT2D eigenvalue weighted by molar-refractivity contribution is 6.42. The Morgan fingerprint density at radius 2 is 2.00 bits per heavy atom. The molecule has 86 valence electrons. The Labute approximate surface area is 108 Å². The molecule has 2 rings (SSSR count). The topological polar surface area (TPSA) is 56.6 Å². The first-order chi connectivity index (χ1) is 8.04. The lowest BCUT2D eigenvalue weighted by Crippen LogP contribution is -2.12. The molecule has 1 N–H and O–H groups in total. The van der Waals surface area contributed by atoms with Gasteiger partial charge in [-0.2, -0.15) is 5.26 Å². The molecule has 1 heterocycles. The van der Waals surface area contributed by atoms with Gasteiger partial charge in [0.2, 0.25) is 0 Å². The number of aryl methyl sites for hydroxylation is 1. The Bertz CT molecular complexity index is 698. The highest BCUT2D eigenvalue weighted by Crippen LogP contribution is 2.26. The number of nitrogens with zero attached hydrogens (tertiary/aromatic N) is 1. The van der Waals surface area contributed by atoms with E-state index in [9.17, 15) is 4.79 Å². The molecule has 0 radical (unpaired) electrons. The number of H-pyrrole nitrogens is 1. The van der Waals surface area contributed by atoms with E-state index >= 15 is 0 Å². The summed E-state index contributed by atoms with van der Waals surface area (Å²) in [5, 5.41) is 9.86. The van der Waals surface area contributed by atoms with Crippen LogP contribution in [0.2, 0.25) is 10.0 Å². The molecule has 1 aromatic heterocycles. The van der Waals surface area contributed by atoms with Crippen molar-refractivity contribution in [2.45, 2.75) is 13.3 Å². The van der Waals surface area contributed by atoms with Crippen LogP contribution in [0.15, 0.2) is 16.9 Å². The van der Waals surface area contributed by atoms with Crippen LogP contribution in [-0.4, -0.2) is 4.98 Å². The zero-order chi connectivity index (χ0) is 12.6. The fourth-order valence-corrected chi connectivity index (χ4v) is 2.07. The second kappa shape index (κ2) is 4.40. The molecule has 0 unspecified atom stereocenters. The Balaban J connectivity index is 2.88. The number of nitrogens with one attached hydrogen (secondary N) is 1. The average Bonchev–Trinajstić information content (AvgIpc) is 2.28. The number of aromatic amines is 1. The molecule has 2 aromatic rings.